The first-order valence-electron chi connectivity index (χ1n) is 5.66. The van der Waals surface area contributed by atoms with Gasteiger partial charge in [0.15, 0.2) is 0 Å². The molecule has 0 aliphatic carbocycles. The van der Waals surface area contributed by atoms with Gasteiger partial charge in [0.1, 0.15) is 0 Å². The van der Waals surface area contributed by atoms with Gasteiger partial charge in [0.2, 0.25) is 0 Å². The molecule has 1 heterocycles. The predicted molar refractivity (Wildman–Crippen MR) is 70.1 cm³/mol. The third-order valence-electron chi connectivity index (χ3n) is 2.47. The summed E-state index contributed by atoms with van der Waals surface area (Å²) in [5.74, 6) is 0. The van der Waals surface area contributed by atoms with E-state index in [0.717, 1.165) is 29.6 Å². The Morgan fingerprint density at radius 3 is 3.06 bits per heavy atom. The van der Waals surface area contributed by atoms with Gasteiger partial charge in [-0.2, -0.15) is 0 Å². The summed E-state index contributed by atoms with van der Waals surface area (Å²) in [4.78, 5) is 11.5. The van der Waals surface area contributed by atoms with E-state index in [2.05, 4.69) is 26.6 Å². The second-order valence-electron chi connectivity index (χ2n) is 3.99. The number of hydrogen-bond acceptors (Lipinski definition) is 2. The summed E-state index contributed by atoms with van der Waals surface area (Å²) in [6.45, 7) is 1.56. The highest BCUT2D eigenvalue weighted by Gasteiger charge is 2.21. The Hall–Kier alpha value is -1.07. The zero-order chi connectivity index (χ0) is 12.1. The standard InChI is InChI=1S/C12H15BrN2O2/c13-9-3-1-4-10(7-9)15-12(16)14-6-2-5-11-8-17-11/h1,3-4,7,11H,2,5-6,8H2,(H2,14,15,16). The van der Waals surface area contributed by atoms with Gasteiger partial charge in [0, 0.05) is 16.7 Å². The minimum absolute atomic E-state index is 0.167. The average Bonchev–Trinajstić information content (AvgIpc) is 3.08. The Kier molecular flexibility index (Phi) is 4.39. The van der Waals surface area contributed by atoms with E-state index in [0.29, 0.717) is 12.6 Å². The number of anilines is 1. The number of benzene rings is 1. The van der Waals surface area contributed by atoms with Crippen LogP contribution in [0.15, 0.2) is 28.7 Å². The molecule has 2 amide bonds. The number of carbonyl (C=O) groups excluding carboxylic acids is 1. The fraction of sp³-hybridized carbons (Fsp3) is 0.417. The fourth-order valence-electron chi connectivity index (χ4n) is 1.51. The number of rotatable bonds is 5. The maximum atomic E-state index is 11.5. The summed E-state index contributed by atoms with van der Waals surface area (Å²) >= 11 is 3.35. The molecule has 1 aliphatic rings. The van der Waals surface area contributed by atoms with Crippen LogP contribution in [0.4, 0.5) is 10.5 Å². The maximum absolute atomic E-state index is 11.5. The van der Waals surface area contributed by atoms with Crippen LogP contribution in [0.1, 0.15) is 12.8 Å². The van der Waals surface area contributed by atoms with Crippen LogP contribution >= 0.6 is 15.9 Å². The van der Waals surface area contributed by atoms with Crippen molar-refractivity contribution in [1.82, 2.24) is 5.32 Å². The maximum Gasteiger partial charge on any atom is 0.319 e. The average molecular weight is 299 g/mol. The zero-order valence-electron chi connectivity index (χ0n) is 9.41. The largest absolute Gasteiger partial charge is 0.373 e. The number of carbonyl (C=O) groups is 1. The number of amides is 2. The highest BCUT2D eigenvalue weighted by atomic mass is 79.9. The summed E-state index contributed by atoms with van der Waals surface area (Å²) in [5, 5.41) is 5.59. The summed E-state index contributed by atoms with van der Waals surface area (Å²) in [6.07, 6.45) is 2.42. The Bertz CT molecular complexity index is 394. The lowest BCUT2D eigenvalue weighted by Gasteiger charge is -2.07. The van der Waals surface area contributed by atoms with Crippen molar-refractivity contribution >= 4 is 27.6 Å². The second kappa shape index (κ2) is 6.02. The van der Waals surface area contributed by atoms with Gasteiger partial charge < -0.3 is 15.4 Å². The van der Waals surface area contributed by atoms with E-state index < -0.39 is 0 Å². The minimum Gasteiger partial charge on any atom is -0.373 e. The van der Waals surface area contributed by atoms with Gasteiger partial charge in [-0.3, -0.25) is 0 Å². The molecule has 4 nitrogen and oxygen atoms in total. The Morgan fingerprint density at radius 2 is 2.35 bits per heavy atom. The number of epoxide rings is 1. The molecule has 1 unspecified atom stereocenters. The molecule has 17 heavy (non-hydrogen) atoms. The first kappa shape index (κ1) is 12.4. The number of halogens is 1. The topological polar surface area (TPSA) is 53.7 Å². The summed E-state index contributed by atoms with van der Waals surface area (Å²) in [5.41, 5.74) is 0.780. The molecule has 1 aromatic carbocycles. The fourth-order valence-corrected chi connectivity index (χ4v) is 1.91. The molecule has 5 heteroatoms. The van der Waals surface area contributed by atoms with Crippen LogP contribution in [-0.2, 0) is 4.74 Å². The lowest BCUT2D eigenvalue weighted by Crippen LogP contribution is -2.29. The van der Waals surface area contributed by atoms with Crippen LogP contribution in [0, 0.1) is 0 Å². The normalized spacial score (nSPS) is 17.6. The molecule has 2 N–H and O–H groups in total. The molecule has 92 valence electrons. The van der Waals surface area contributed by atoms with E-state index in [1.54, 1.807) is 0 Å². The van der Waals surface area contributed by atoms with Crippen molar-refractivity contribution in [2.45, 2.75) is 18.9 Å². The molecule has 0 aromatic heterocycles. The molecule has 0 bridgehead atoms. The quantitative estimate of drug-likeness (QED) is 0.649. The van der Waals surface area contributed by atoms with Crippen LogP contribution in [0.25, 0.3) is 0 Å². The van der Waals surface area contributed by atoms with Crippen molar-refractivity contribution in [2.24, 2.45) is 0 Å². The summed E-state index contributed by atoms with van der Waals surface area (Å²) in [6, 6.07) is 7.34. The smallest absolute Gasteiger partial charge is 0.319 e. The van der Waals surface area contributed by atoms with Gasteiger partial charge in [0.05, 0.1) is 12.7 Å². The van der Waals surface area contributed by atoms with Gasteiger partial charge >= 0.3 is 6.03 Å². The molecule has 2 rings (SSSR count). The van der Waals surface area contributed by atoms with Gasteiger partial charge in [-0.05, 0) is 31.0 Å². The van der Waals surface area contributed by atoms with Crippen LogP contribution in [0.5, 0.6) is 0 Å². The van der Waals surface area contributed by atoms with Gasteiger partial charge in [-0.25, -0.2) is 4.79 Å². The SMILES string of the molecule is O=C(NCCCC1CO1)Nc1cccc(Br)c1. The van der Waals surface area contributed by atoms with E-state index in [-0.39, 0.29) is 6.03 Å². The van der Waals surface area contributed by atoms with Crippen LogP contribution in [0.2, 0.25) is 0 Å². The van der Waals surface area contributed by atoms with Gasteiger partial charge in [0.25, 0.3) is 0 Å². The highest BCUT2D eigenvalue weighted by Crippen LogP contribution is 2.16. The van der Waals surface area contributed by atoms with Crippen LogP contribution in [-0.4, -0.2) is 25.3 Å². The van der Waals surface area contributed by atoms with Crippen LogP contribution in [0.3, 0.4) is 0 Å². The molecule has 0 saturated carbocycles. The van der Waals surface area contributed by atoms with Crippen molar-refractivity contribution in [3.8, 4) is 0 Å². The van der Waals surface area contributed by atoms with E-state index in [1.165, 1.54) is 0 Å². The van der Waals surface area contributed by atoms with Crippen molar-refractivity contribution < 1.29 is 9.53 Å². The third-order valence-corrected chi connectivity index (χ3v) is 2.97. The molecule has 1 aliphatic heterocycles. The lowest BCUT2D eigenvalue weighted by molar-refractivity contribution is 0.251. The predicted octanol–water partition coefficient (Wildman–Crippen LogP) is 2.75. The van der Waals surface area contributed by atoms with Crippen LogP contribution < -0.4 is 10.6 Å². The molecule has 1 fully saturated rings. The Balaban J connectivity index is 1.65. The number of hydrogen-bond donors (Lipinski definition) is 2. The van der Waals surface area contributed by atoms with Gasteiger partial charge in [-0.1, -0.05) is 22.0 Å². The first-order chi connectivity index (χ1) is 8.24. The monoisotopic (exact) mass is 298 g/mol. The Morgan fingerprint density at radius 1 is 1.53 bits per heavy atom. The number of urea groups is 1. The molecule has 0 radical (unpaired) electrons. The molecular formula is C12H15BrN2O2. The number of ether oxygens (including phenoxy) is 1. The number of nitrogens with one attached hydrogen (secondary N) is 2. The van der Waals surface area contributed by atoms with Crippen molar-refractivity contribution in [1.29, 1.82) is 0 Å². The Labute approximate surface area is 109 Å². The molecule has 1 saturated heterocycles. The summed E-state index contributed by atoms with van der Waals surface area (Å²) in [7, 11) is 0. The van der Waals surface area contributed by atoms with Crippen molar-refractivity contribution in [3.63, 3.8) is 0 Å². The first-order valence-corrected chi connectivity index (χ1v) is 6.45. The summed E-state index contributed by atoms with van der Waals surface area (Å²) < 4.78 is 6.04. The highest BCUT2D eigenvalue weighted by molar-refractivity contribution is 9.10. The molecule has 1 atom stereocenters. The van der Waals surface area contributed by atoms with E-state index in [9.17, 15) is 4.79 Å². The van der Waals surface area contributed by atoms with Gasteiger partial charge in [-0.15, -0.1) is 0 Å². The lowest BCUT2D eigenvalue weighted by atomic mass is 10.2. The molecular weight excluding hydrogens is 284 g/mol. The zero-order valence-corrected chi connectivity index (χ0v) is 11.0. The van der Waals surface area contributed by atoms with E-state index in [4.69, 9.17) is 4.74 Å². The second-order valence-corrected chi connectivity index (χ2v) is 4.90. The molecule has 0 spiro atoms. The minimum atomic E-state index is -0.167. The third kappa shape index (κ3) is 4.75. The molecule has 1 aromatic rings. The van der Waals surface area contributed by atoms with Crippen molar-refractivity contribution in [3.05, 3.63) is 28.7 Å². The van der Waals surface area contributed by atoms with E-state index in [1.807, 2.05) is 24.3 Å². The van der Waals surface area contributed by atoms with E-state index >= 15 is 0 Å². The van der Waals surface area contributed by atoms with Crippen molar-refractivity contribution in [2.75, 3.05) is 18.5 Å².